The highest BCUT2D eigenvalue weighted by Gasteiger charge is 2.44. The minimum atomic E-state index is -1.36. The summed E-state index contributed by atoms with van der Waals surface area (Å²) in [4.78, 5) is 56.1. The summed E-state index contributed by atoms with van der Waals surface area (Å²) in [5, 5.41) is 26.4. The fraction of sp³-hybridized carbons (Fsp3) is 0.480. The Morgan fingerprint density at radius 3 is 2.41 bits per heavy atom. The van der Waals surface area contributed by atoms with Gasteiger partial charge >= 0.3 is 6.09 Å². The van der Waals surface area contributed by atoms with Gasteiger partial charge in [0.2, 0.25) is 17.7 Å². The molecule has 5 N–H and O–H groups in total. The fourth-order valence-corrected chi connectivity index (χ4v) is 4.96. The van der Waals surface area contributed by atoms with Gasteiger partial charge in [-0.3, -0.25) is 14.4 Å². The molecule has 0 unspecified atom stereocenters. The number of carbonyl (C=O) groups is 4. The smallest absolute Gasteiger partial charge is 0.405 e. The number of carbonyl (C=O) groups excluding carboxylic acids is 3. The zero-order valence-electron chi connectivity index (χ0n) is 21.3. The number of hydrogen-bond donors (Lipinski definition) is 5. The average molecular weight is 532 g/mol. The maximum Gasteiger partial charge on any atom is 0.405 e. The number of thiazole rings is 1. The van der Waals surface area contributed by atoms with E-state index in [4.69, 9.17) is 5.11 Å². The van der Waals surface area contributed by atoms with Crippen molar-refractivity contribution in [1.82, 2.24) is 25.8 Å². The van der Waals surface area contributed by atoms with Crippen LogP contribution in [0.25, 0.3) is 10.4 Å². The molecule has 12 heteroatoms. The summed E-state index contributed by atoms with van der Waals surface area (Å²) in [6.07, 6.45) is -2.17. The standard InChI is InChI=1S/C25H33N5O6S/c1-14-20(37-13-28-14)16-7-5-15(6-8-16)10-26-22(33)18-9-17(31)12-30(18)23(34)21(25(2,3)4)29-19(32)11-27-24(35)36/h5-8,13,17-18,21,27,31H,9-12H2,1-4H3,(H,26,33)(H,29,32)(H,35,36)/t17-,18+,21-/m1/s1. The van der Waals surface area contributed by atoms with Crippen molar-refractivity contribution in [3.63, 3.8) is 0 Å². The number of amides is 4. The van der Waals surface area contributed by atoms with E-state index in [1.165, 1.54) is 4.90 Å². The second kappa shape index (κ2) is 11.7. The van der Waals surface area contributed by atoms with Crippen LogP contribution >= 0.6 is 11.3 Å². The van der Waals surface area contributed by atoms with Crippen LogP contribution in [0.5, 0.6) is 0 Å². The molecule has 1 saturated heterocycles. The van der Waals surface area contributed by atoms with Crippen LogP contribution in [0, 0.1) is 12.3 Å². The van der Waals surface area contributed by atoms with Crippen LogP contribution in [0.2, 0.25) is 0 Å². The average Bonchev–Trinajstić information content (AvgIpc) is 3.44. The number of nitrogens with zero attached hydrogens (tertiary/aromatic N) is 2. The van der Waals surface area contributed by atoms with E-state index in [1.807, 2.05) is 36.5 Å². The first-order valence-corrected chi connectivity index (χ1v) is 12.8. The molecule has 3 rings (SSSR count). The van der Waals surface area contributed by atoms with Gasteiger partial charge in [0.15, 0.2) is 0 Å². The van der Waals surface area contributed by atoms with Crippen LogP contribution in [-0.4, -0.2) is 75.2 Å². The van der Waals surface area contributed by atoms with Crippen molar-refractivity contribution in [1.29, 1.82) is 0 Å². The highest BCUT2D eigenvalue weighted by Crippen LogP contribution is 2.28. The van der Waals surface area contributed by atoms with Gasteiger partial charge in [0.05, 0.1) is 22.2 Å². The molecule has 0 saturated carbocycles. The molecule has 3 atom stereocenters. The van der Waals surface area contributed by atoms with Gasteiger partial charge in [-0.2, -0.15) is 0 Å². The molecular weight excluding hydrogens is 498 g/mol. The number of aryl methyl sites for hydroxylation is 1. The normalized spacial score (nSPS) is 18.2. The molecule has 0 bridgehead atoms. The van der Waals surface area contributed by atoms with E-state index in [9.17, 15) is 24.3 Å². The molecule has 1 fully saturated rings. The Kier molecular flexibility index (Phi) is 8.87. The molecular formula is C25H33N5O6S. The molecule has 37 heavy (non-hydrogen) atoms. The highest BCUT2D eigenvalue weighted by molar-refractivity contribution is 7.13. The summed E-state index contributed by atoms with van der Waals surface area (Å²) in [5.74, 6) is -1.59. The zero-order valence-corrected chi connectivity index (χ0v) is 22.1. The summed E-state index contributed by atoms with van der Waals surface area (Å²) < 4.78 is 0. The number of nitrogens with one attached hydrogen (secondary N) is 3. The Morgan fingerprint density at radius 2 is 1.84 bits per heavy atom. The Morgan fingerprint density at radius 1 is 1.16 bits per heavy atom. The van der Waals surface area contributed by atoms with Crippen molar-refractivity contribution < 1.29 is 29.4 Å². The Labute approximate surface area is 219 Å². The molecule has 1 aliphatic rings. The third-order valence-corrected chi connectivity index (χ3v) is 7.09. The minimum Gasteiger partial charge on any atom is -0.465 e. The number of hydrogen-bond acceptors (Lipinski definition) is 7. The van der Waals surface area contributed by atoms with Gasteiger partial charge in [-0.05, 0) is 23.5 Å². The zero-order chi connectivity index (χ0) is 27.3. The van der Waals surface area contributed by atoms with Gasteiger partial charge in [-0.15, -0.1) is 11.3 Å². The number of aliphatic hydroxyl groups is 1. The summed E-state index contributed by atoms with van der Waals surface area (Å²) in [7, 11) is 0. The lowest BCUT2D eigenvalue weighted by molar-refractivity contribution is -0.143. The van der Waals surface area contributed by atoms with Gasteiger partial charge in [-0.25, -0.2) is 9.78 Å². The number of aliphatic hydroxyl groups excluding tert-OH is 1. The largest absolute Gasteiger partial charge is 0.465 e. The monoisotopic (exact) mass is 531 g/mol. The first kappa shape index (κ1) is 28.1. The maximum absolute atomic E-state index is 13.5. The lowest BCUT2D eigenvalue weighted by atomic mass is 9.85. The van der Waals surface area contributed by atoms with E-state index in [0.29, 0.717) is 0 Å². The molecule has 11 nitrogen and oxygen atoms in total. The SMILES string of the molecule is Cc1ncsc1-c1ccc(CNC(=O)[C@@H]2C[C@@H](O)CN2C(=O)[C@@H](NC(=O)CNC(=O)O)C(C)(C)C)cc1. The topological polar surface area (TPSA) is 161 Å². The third-order valence-electron chi connectivity index (χ3n) is 6.11. The van der Waals surface area contributed by atoms with E-state index < -0.39 is 54.0 Å². The van der Waals surface area contributed by atoms with Gasteiger partial charge in [-0.1, -0.05) is 45.0 Å². The second-order valence-corrected chi connectivity index (χ2v) is 11.0. The molecule has 0 aliphatic carbocycles. The van der Waals surface area contributed by atoms with Crippen LogP contribution in [0.3, 0.4) is 0 Å². The van der Waals surface area contributed by atoms with Crippen molar-refractivity contribution in [3.8, 4) is 10.4 Å². The van der Waals surface area contributed by atoms with Gasteiger partial charge in [0.25, 0.3) is 0 Å². The molecule has 1 aromatic heterocycles. The van der Waals surface area contributed by atoms with Crippen molar-refractivity contribution in [2.45, 2.75) is 58.8 Å². The molecule has 1 aromatic carbocycles. The Bertz CT molecular complexity index is 1140. The first-order valence-electron chi connectivity index (χ1n) is 11.9. The number of carboxylic acid groups (broad SMARTS) is 1. The summed E-state index contributed by atoms with van der Waals surface area (Å²) in [5.41, 5.74) is 3.94. The van der Waals surface area contributed by atoms with Crippen LogP contribution in [0.1, 0.15) is 38.4 Å². The Balaban J connectivity index is 1.66. The number of rotatable bonds is 8. The number of benzene rings is 1. The van der Waals surface area contributed by atoms with E-state index in [-0.39, 0.29) is 19.5 Å². The van der Waals surface area contributed by atoms with E-state index in [0.717, 1.165) is 21.7 Å². The van der Waals surface area contributed by atoms with Crippen LogP contribution < -0.4 is 16.0 Å². The van der Waals surface area contributed by atoms with Crippen molar-refractivity contribution in [2.75, 3.05) is 13.1 Å². The van der Waals surface area contributed by atoms with Gasteiger partial charge in [0.1, 0.15) is 18.6 Å². The number of β-amino-alcohol motifs (C(OH)–C–C–N with tert-alkyl or cyclic N) is 1. The van der Waals surface area contributed by atoms with Crippen LogP contribution in [0.4, 0.5) is 4.79 Å². The quantitative estimate of drug-likeness (QED) is 0.345. The predicted octanol–water partition coefficient (Wildman–Crippen LogP) is 1.50. The predicted molar refractivity (Wildman–Crippen MR) is 138 cm³/mol. The molecule has 1 aliphatic heterocycles. The summed E-state index contributed by atoms with van der Waals surface area (Å²) >= 11 is 1.56. The summed E-state index contributed by atoms with van der Waals surface area (Å²) in [6, 6.07) is 5.83. The van der Waals surface area contributed by atoms with E-state index in [2.05, 4.69) is 15.6 Å². The fourth-order valence-electron chi connectivity index (χ4n) is 4.15. The molecule has 2 aromatic rings. The van der Waals surface area contributed by atoms with Crippen molar-refractivity contribution >= 4 is 35.2 Å². The lowest BCUT2D eigenvalue weighted by Gasteiger charge is -2.35. The molecule has 2 heterocycles. The number of likely N-dealkylation sites (tertiary alicyclic amines) is 1. The van der Waals surface area contributed by atoms with E-state index >= 15 is 0 Å². The first-order chi connectivity index (χ1) is 17.4. The molecule has 200 valence electrons. The minimum absolute atomic E-state index is 0.0460. The molecule has 0 spiro atoms. The molecule has 4 amide bonds. The van der Waals surface area contributed by atoms with Crippen molar-refractivity contribution in [3.05, 3.63) is 41.0 Å². The number of aromatic nitrogens is 1. The van der Waals surface area contributed by atoms with Crippen LogP contribution in [0.15, 0.2) is 29.8 Å². The second-order valence-electron chi connectivity index (χ2n) is 10.1. The van der Waals surface area contributed by atoms with Gasteiger partial charge < -0.3 is 31.1 Å². The lowest BCUT2D eigenvalue weighted by Crippen LogP contribution is -2.58. The van der Waals surface area contributed by atoms with E-state index in [1.54, 1.807) is 37.6 Å². The third kappa shape index (κ3) is 7.26. The summed E-state index contributed by atoms with van der Waals surface area (Å²) in [6.45, 7) is 6.89. The van der Waals surface area contributed by atoms with Gasteiger partial charge in [0, 0.05) is 19.5 Å². The Hall–Kier alpha value is -3.51. The molecule has 0 radical (unpaired) electrons. The maximum atomic E-state index is 13.5. The highest BCUT2D eigenvalue weighted by atomic mass is 32.1. The van der Waals surface area contributed by atoms with Crippen LogP contribution in [-0.2, 0) is 20.9 Å². The van der Waals surface area contributed by atoms with Crippen molar-refractivity contribution in [2.24, 2.45) is 5.41 Å².